The van der Waals surface area contributed by atoms with Crippen molar-refractivity contribution in [2.75, 3.05) is 6.54 Å². The lowest BCUT2D eigenvalue weighted by atomic mass is 9.86. The molecule has 94 valence electrons. The summed E-state index contributed by atoms with van der Waals surface area (Å²) in [5, 5.41) is 3.68. The van der Waals surface area contributed by atoms with Crippen molar-refractivity contribution in [3.8, 4) is 0 Å². The van der Waals surface area contributed by atoms with E-state index in [4.69, 9.17) is 0 Å². The van der Waals surface area contributed by atoms with Crippen LogP contribution in [0.2, 0.25) is 0 Å². The fourth-order valence-electron chi connectivity index (χ4n) is 3.11. The Morgan fingerprint density at radius 1 is 1.24 bits per heavy atom. The molecule has 0 saturated heterocycles. The first-order chi connectivity index (χ1) is 8.16. The third-order valence-electron chi connectivity index (χ3n) is 3.73. The molecule has 2 rings (SSSR count). The molecular weight excluding hydrogens is 206 g/mol. The van der Waals surface area contributed by atoms with Crippen molar-refractivity contribution in [3.05, 3.63) is 35.4 Å². The van der Waals surface area contributed by atoms with Crippen LogP contribution in [0.25, 0.3) is 0 Å². The molecule has 17 heavy (non-hydrogen) atoms. The van der Waals surface area contributed by atoms with Gasteiger partial charge in [-0.25, -0.2) is 0 Å². The molecule has 1 aromatic carbocycles. The Morgan fingerprint density at radius 3 is 2.76 bits per heavy atom. The van der Waals surface area contributed by atoms with Crippen molar-refractivity contribution in [3.63, 3.8) is 0 Å². The number of nitrogens with one attached hydrogen (secondary N) is 1. The van der Waals surface area contributed by atoms with Gasteiger partial charge < -0.3 is 5.32 Å². The Kier molecular flexibility index (Phi) is 4.22. The van der Waals surface area contributed by atoms with Crippen LogP contribution in [-0.2, 0) is 6.42 Å². The molecule has 2 atom stereocenters. The van der Waals surface area contributed by atoms with Gasteiger partial charge in [-0.15, -0.1) is 0 Å². The van der Waals surface area contributed by atoms with Gasteiger partial charge in [-0.3, -0.25) is 0 Å². The largest absolute Gasteiger partial charge is 0.310 e. The van der Waals surface area contributed by atoms with Gasteiger partial charge in [-0.2, -0.15) is 0 Å². The summed E-state index contributed by atoms with van der Waals surface area (Å²) in [5.74, 6) is 1.61. The van der Waals surface area contributed by atoms with Gasteiger partial charge in [0.25, 0.3) is 0 Å². The number of hydrogen-bond acceptors (Lipinski definition) is 1. The summed E-state index contributed by atoms with van der Waals surface area (Å²) in [4.78, 5) is 0. The monoisotopic (exact) mass is 231 g/mol. The van der Waals surface area contributed by atoms with Crippen molar-refractivity contribution in [2.45, 2.75) is 46.1 Å². The number of benzene rings is 1. The summed E-state index contributed by atoms with van der Waals surface area (Å²) in [6.07, 6.45) is 3.79. The minimum absolute atomic E-state index is 0.577. The van der Waals surface area contributed by atoms with Gasteiger partial charge in [0.15, 0.2) is 0 Å². The number of hydrogen-bond donors (Lipinski definition) is 1. The maximum atomic E-state index is 3.68. The van der Waals surface area contributed by atoms with E-state index in [-0.39, 0.29) is 0 Å². The molecule has 0 radical (unpaired) electrons. The molecule has 1 aliphatic heterocycles. The van der Waals surface area contributed by atoms with E-state index in [1.165, 1.54) is 24.8 Å². The lowest BCUT2D eigenvalue weighted by Crippen LogP contribution is -2.31. The number of rotatable bonds is 4. The van der Waals surface area contributed by atoms with Gasteiger partial charge in [0.2, 0.25) is 0 Å². The van der Waals surface area contributed by atoms with Gasteiger partial charge in [0.05, 0.1) is 0 Å². The average molecular weight is 231 g/mol. The average Bonchev–Trinajstić information content (AvgIpc) is 2.28. The maximum Gasteiger partial charge on any atom is 0.0325 e. The van der Waals surface area contributed by atoms with Crippen LogP contribution in [0.4, 0.5) is 0 Å². The van der Waals surface area contributed by atoms with Crippen molar-refractivity contribution >= 4 is 0 Å². The van der Waals surface area contributed by atoms with Crippen molar-refractivity contribution in [1.82, 2.24) is 5.32 Å². The van der Waals surface area contributed by atoms with E-state index in [1.54, 1.807) is 5.56 Å². The molecule has 0 aliphatic carbocycles. The number of fused-ring (bicyclic) bond motifs is 1. The quantitative estimate of drug-likeness (QED) is 0.827. The third-order valence-corrected chi connectivity index (χ3v) is 3.73. The molecule has 0 saturated carbocycles. The van der Waals surface area contributed by atoms with E-state index < -0.39 is 0 Å². The molecule has 0 bridgehead atoms. The van der Waals surface area contributed by atoms with Crippen LogP contribution in [0.5, 0.6) is 0 Å². The minimum Gasteiger partial charge on any atom is -0.310 e. The highest BCUT2D eigenvalue weighted by Gasteiger charge is 2.21. The summed E-state index contributed by atoms with van der Waals surface area (Å²) >= 11 is 0. The molecule has 2 unspecified atom stereocenters. The smallest absolute Gasteiger partial charge is 0.0325 e. The van der Waals surface area contributed by atoms with Crippen molar-refractivity contribution in [2.24, 2.45) is 11.8 Å². The molecule has 0 spiro atoms. The first-order valence-electron chi connectivity index (χ1n) is 6.98. The summed E-state index contributed by atoms with van der Waals surface area (Å²) in [6, 6.07) is 9.50. The Labute approximate surface area is 106 Å². The Bertz CT molecular complexity index is 356. The summed E-state index contributed by atoms with van der Waals surface area (Å²) in [5.41, 5.74) is 3.09. The predicted octanol–water partition coefficient (Wildman–Crippen LogP) is 3.95. The molecule has 0 aromatic heterocycles. The Balaban J connectivity index is 2.03. The van der Waals surface area contributed by atoms with Gasteiger partial charge in [-0.05, 0) is 48.8 Å². The Morgan fingerprint density at radius 2 is 2.00 bits per heavy atom. The fraction of sp³-hybridized carbons (Fsp3) is 0.625. The van der Waals surface area contributed by atoms with Crippen LogP contribution in [0, 0.1) is 11.8 Å². The highest BCUT2D eigenvalue weighted by Crippen LogP contribution is 2.29. The van der Waals surface area contributed by atoms with Gasteiger partial charge in [-0.1, -0.05) is 45.0 Å². The standard InChI is InChI=1S/C16H25N/c1-12(2)10-13(3)11-16-15-7-5-4-6-14(15)8-9-17-16/h4-7,12-13,16-17H,8-11H2,1-3H3. The predicted molar refractivity (Wildman–Crippen MR) is 74.1 cm³/mol. The zero-order valence-electron chi connectivity index (χ0n) is 11.4. The second kappa shape index (κ2) is 5.68. The maximum absolute atomic E-state index is 3.68. The summed E-state index contributed by atoms with van der Waals surface area (Å²) in [7, 11) is 0. The van der Waals surface area contributed by atoms with Gasteiger partial charge in [0, 0.05) is 6.04 Å². The molecule has 0 amide bonds. The minimum atomic E-state index is 0.577. The lowest BCUT2D eigenvalue weighted by Gasteiger charge is -2.29. The van der Waals surface area contributed by atoms with E-state index >= 15 is 0 Å². The second-order valence-corrected chi connectivity index (χ2v) is 5.93. The van der Waals surface area contributed by atoms with Crippen LogP contribution >= 0.6 is 0 Å². The van der Waals surface area contributed by atoms with Crippen LogP contribution in [0.1, 0.15) is 50.8 Å². The van der Waals surface area contributed by atoms with Gasteiger partial charge >= 0.3 is 0 Å². The highest BCUT2D eigenvalue weighted by atomic mass is 14.9. The van der Waals surface area contributed by atoms with E-state index in [9.17, 15) is 0 Å². The highest BCUT2D eigenvalue weighted by molar-refractivity contribution is 5.32. The molecule has 1 nitrogen and oxygen atoms in total. The van der Waals surface area contributed by atoms with Gasteiger partial charge in [0.1, 0.15) is 0 Å². The molecule has 1 heterocycles. The summed E-state index contributed by atoms with van der Waals surface area (Å²) in [6.45, 7) is 8.16. The van der Waals surface area contributed by atoms with E-state index in [1.807, 2.05) is 0 Å². The molecule has 1 heteroatoms. The second-order valence-electron chi connectivity index (χ2n) is 5.93. The van der Waals surface area contributed by atoms with Crippen LogP contribution in [0.3, 0.4) is 0 Å². The molecule has 1 aliphatic rings. The first kappa shape index (κ1) is 12.6. The normalized spacial score (nSPS) is 21.3. The third kappa shape index (κ3) is 3.32. The first-order valence-corrected chi connectivity index (χ1v) is 6.98. The zero-order valence-corrected chi connectivity index (χ0v) is 11.4. The van der Waals surface area contributed by atoms with Crippen LogP contribution in [-0.4, -0.2) is 6.54 Å². The Hall–Kier alpha value is -0.820. The molecule has 1 N–H and O–H groups in total. The van der Waals surface area contributed by atoms with Crippen molar-refractivity contribution < 1.29 is 0 Å². The molecule has 0 fully saturated rings. The fourth-order valence-corrected chi connectivity index (χ4v) is 3.11. The van der Waals surface area contributed by atoms with Crippen LogP contribution < -0.4 is 5.32 Å². The molecular formula is C16H25N. The van der Waals surface area contributed by atoms with Crippen LogP contribution in [0.15, 0.2) is 24.3 Å². The van der Waals surface area contributed by atoms with E-state index in [0.717, 1.165) is 18.4 Å². The summed E-state index contributed by atoms with van der Waals surface area (Å²) < 4.78 is 0. The zero-order chi connectivity index (χ0) is 12.3. The lowest BCUT2D eigenvalue weighted by molar-refractivity contribution is 0.349. The molecule has 1 aromatic rings. The van der Waals surface area contributed by atoms with E-state index in [2.05, 4.69) is 50.4 Å². The SMILES string of the molecule is CC(C)CC(C)CC1NCCc2ccccc21. The van der Waals surface area contributed by atoms with E-state index in [0.29, 0.717) is 6.04 Å². The van der Waals surface area contributed by atoms with Crippen molar-refractivity contribution in [1.29, 1.82) is 0 Å². The topological polar surface area (TPSA) is 12.0 Å².